The van der Waals surface area contributed by atoms with Gasteiger partial charge in [0.15, 0.2) is 5.60 Å². The fourth-order valence-electron chi connectivity index (χ4n) is 1.74. The average Bonchev–Trinajstić information content (AvgIpc) is 2.24. The second kappa shape index (κ2) is 2.94. The van der Waals surface area contributed by atoms with Crippen LogP contribution in [0.2, 0.25) is 0 Å². The Kier molecular flexibility index (Phi) is 2.13. The molecule has 0 saturated heterocycles. The van der Waals surface area contributed by atoms with Gasteiger partial charge in [0.05, 0.1) is 5.56 Å². The highest BCUT2D eigenvalue weighted by molar-refractivity contribution is 9.10. The first kappa shape index (κ1) is 10.9. The molecule has 1 aliphatic heterocycles. The highest BCUT2D eigenvalue weighted by atomic mass is 79.9. The Hall–Kier alpha value is -0.640. The fourth-order valence-corrected chi connectivity index (χ4v) is 2.31. The highest BCUT2D eigenvalue weighted by Crippen LogP contribution is 2.53. The second-order valence-electron chi connectivity index (χ2n) is 4.29. The predicted octanol–water partition coefficient (Wildman–Crippen LogP) is 4.02. The molecule has 0 aliphatic carbocycles. The molecule has 0 aromatic heterocycles. The Bertz CT molecular complexity index is 427. The van der Waals surface area contributed by atoms with Crippen molar-refractivity contribution >= 4 is 15.9 Å². The van der Waals surface area contributed by atoms with Crippen LogP contribution in [0.5, 0.6) is 5.75 Å². The summed E-state index contributed by atoms with van der Waals surface area (Å²) in [5, 5.41) is 0. The van der Waals surface area contributed by atoms with Crippen LogP contribution in [0.15, 0.2) is 16.6 Å². The zero-order valence-corrected chi connectivity index (χ0v) is 10.3. The summed E-state index contributed by atoms with van der Waals surface area (Å²) < 4.78 is 33.8. The zero-order chi connectivity index (χ0) is 11.4. The Morgan fingerprint density at radius 2 is 1.87 bits per heavy atom. The number of aryl methyl sites for hydroxylation is 1. The zero-order valence-electron chi connectivity index (χ0n) is 8.70. The van der Waals surface area contributed by atoms with Gasteiger partial charge in [-0.05, 0) is 38.5 Å². The van der Waals surface area contributed by atoms with Gasteiger partial charge in [-0.2, -0.15) is 8.78 Å². The Labute approximate surface area is 95.6 Å². The van der Waals surface area contributed by atoms with Gasteiger partial charge in [-0.1, -0.05) is 15.9 Å². The van der Waals surface area contributed by atoms with Gasteiger partial charge >= 0.3 is 5.92 Å². The molecular formula is C11H11BrF2O. The molecule has 1 aliphatic rings. The maximum absolute atomic E-state index is 13.9. The molecule has 0 radical (unpaired) electrons. The van der Waals surface area contributed by atoms with Crippen LogP contribution in [0.1, 0.15) is 25.0 Å². The first-order valence-electron chi connectivity index (χ1n) is 4.63. The van der Waals surface area contributed by atoms with Gasteiger partial charge in [-0.3, -0.25) is 0 Å². The summed E-state index contributed by atoms with van der Waals surface area (Å²) in [7, 11) is 0. The molecule has 15 heavy (non-hydrogen) atoms. The van der Waals surface area contributed by atoms with E-state index in [1.165, 1.54) is 19.9 Å². The smallest absolute Gasteiger partial charge is 0.314 e. The third-order valence-corrected chi connectivity index (χ3v) is 3.15. The van der Waals surface area contributed by atoms with Crippen LogP contribution in [-0.2, 0) is 5.92 Å². The molecular weight excluding hydrogens is 266 g/mol. The van der Waals surface area contributed by atoms with Crippen LogP contribution in [0, 0.1) is 6.92 Å². The van der Waals surface area contributed by atoms with Crippen LogP contribution in [0.4, 0.5) is 8.78 Å². The summed E-state index contributed by atoms with van der Waals surface area (Å²) in [6.45, 7) is 4.57. The lowest BCUT2D eigenvalue weighted by Gasteiger charge is -2.25. The lowest BCUT2D eigenvalue weighted by molar-refractivity contribution is -0.127. The summed E-state index contributed by atoms with van der Waals surface area (Å²) in [4.78, 5) is 0. The molecule has 0 fully saturated rings. The molecule has 0 spiro atoms. The minimum atomic E-state index is -2.95. The Balaban J connectivity index is 2.69. The van der Waals surface area contributed by atoms with E-state index in [4.69, 9.17) is 4.74 Å². The van der Waals surface area contributed by atoms with Crippen LogP contribution >= 0.6 is 15.9 Å². The molecule has 0 bridgehead atoms. The second-order valence-corrected chi connectivity index (χ2v) is 5.20. The van der Waals surface area contributed by atoms with Gasteiger partial charge in [0.2, 0.25) is 0 Å². The van der Waals surface area contributed by atoms with Crippen molar-refractivity contribution in [2.24, 2.45) is 0 Å². The maximum Gasteiger partial charge on any atom is 0.314 e. The number of halogens is 3. The molecule has 1 heterocycles. The van der Waals surface area contributed by atoms with Gasteiger partial charge in [-0.15, -0.1) is 0 Å². The van der Waals surface area contributed by atoms with Crippen LogP contribution < -0.4 is 4.74 Å². The van der Waals surface area contributed by atoms with E-state index in [2.05, 4.69) is 15.9 Å². The van der Waals surface area contributed by atoms with Gasteiger partial charge in [0.25, 0.3) is 0 Å². The SMILES string of the molecule is Cc1cc(Br)cc2c1OC(C)(C)C2(F)F. The Morgan fingerprint density at radius 1 is 1.27 bits per heavy atom. The van der Waals surface area contributed by atoms with Gasteiger partial charge < -0.3 is 4.74 Å². The van der Waals surface area contributed by atoms with Gasteiger partial charge in [0, 0.05) is 4.47 Å². The van der Waals surface area contributed by atoms with E-state index in [0.717, 1.165) is 5.56 Å². The number of hydrogen-bond donors (Lipinski definition) is 0. The molecule has 1 aromatic carbocycles. The minimum absolute atomic E-state index is 0.0284. The first-order valence-corrected chi connectivity index (χ1v) is 5.42. The van der Waals surface area contributed by atoms with Crippen molar-refractivity contribution in [3.05, 3.63) is 27.7 Å². The van der Waals surface area contributed by atoms with Crippen LogP contribution in [-0.4, -0.2) is 5.60 Å². The number of benzene rings is 1. The minimum Gasteiger partial charge on any atom is -0.480 e. The maximum atomic E-state index is 13.9. The van der Waals surface area contributed by atoms with Gasteiger partial charge in [-0.25, -0.2) is 0 Å². The summed E-state index contributed by atoms with van der Waals surface area (Å²) in [6.07, 6.45) is 0. The molecule has 0 atom stereocenters. The van der Waals surface area contributed by atoms with Crippen LogP contribution in [0.25, 0.3) is 0 Å². The number of ether oxygens (including phenoxy) is 1. The van der Waals surface area contributed by atoms with E-state index in [1.54, 1.807) is 13.0 Å². The number of fused-ring (bicyclic) bond motifs is 1. The van der Waals surface area contributed by atoms with Crippen molar-refractivity contribution in [1.82, 2.24) is 0 Å². The summed E-state index contributed by atoms with van der Waals surface area (Å²) in [5.74, 6) is -2.63. The quantitative estimate of drug-likeness (QED) is 0.696. The first-order chi connectivity index (χ1) is 6.75. The summed E-state index contributed by atoms with van der Waals surface area (Å²) in [5.41, 5.74) is -0.773. The number of hydrogen-bond acceptors (Lipinski definition) is 1. The third kappa shape index (κ3) is 1.38. The van der Waals surface area contributed by atoms with Crippen molar-refractivity contribution in [3.63, 3.8) is 0 Å². The molecule has 0 saturated carbocycles. The molecule has 0 amide bonds. The lowest BCUT2D eigenvalue weighted by atomic mass is 9.96. The lowest BCUT2D eigenvalue weighted by Crippen LogP contribution is -2.39. The molecule has 0 N–H and O–H groups in total. The molecule has 1 nitrogen and oxygen atoms in total. The topological polar surface area (TPSA) is 9.23 Å². The molecule has 0 unspecified atom stereocenters. The fraction of sp³-hybridized carbons (Fsp3) is 0.455. The van der Waals surface area contributed by atoms with Crippen molar-refractivity contribution < 1.29 is 13.5 Å². The summed E-state index contributed by atoms with van der Waals surface area (Å²) in [6, 6.07) is 3.20. The van der Waals surface area contributed by atoms with E-state index in [0.29, 0.717) is 10.2 Å². The standard InChI is InChI=1S/C11H11BrF2O/c1-6-4-7(12)5-8-9(6)15-10(2,3)11(8,13)14/h4-5H,1-3H3. The van der Waals surface area contributed by atoms with E-state index >= 15 is 0 Å². The van der Waals surface area contributed by atoms with Crippen molar-refractivity contribution in [2.45, 2.75) is 32.3 Å². The molecule has 2 rings (SSSR count). The largest absolute Gasteiger partial charge is 0.480 e. The number of rotatable bonds is 0. The molecule has 1 aromatic rings. The monoisotopic (exact) mass is 276 g/mol. The van der Waals surface area contributed by atoms with Crippen LogP contribution in [0.3, 0.4) is 0 Å². The number of alkyl halides is 2. The Morgan fingerprint density at radius 3 is 2.47 bits per heavy atom. The van der Waals surface area contributed by atoms with E-state index in [-0.39, 0.29) is 5.56 Å². The van der Waals surface area contributed by atoms with Gasteiger partial charge in [0.1, 0.15) is 5.75 Å². The van der Waals surface area contributed by atoms with Crippen molar-refractivity contribution in [3.8, 4) is 5.75 Å². The third-order valence-electron chi connectivity index (χ3n) is 2.69. The molecule has 4 heteroatoms. The van der Waals surface area contributed by atoms with Crippen molar-refractivity contribution in [1.29, 1.82) is 0 Å². The van der Waals surface area contributed by atoms with E-state index in [1.807, 2.05) is 0 Å². The summed E-state index contributed by atoms with van der Waals surface area (Å²) >= 11 is 3.22. The normalized spacial score (nSPS) is 20.9. The molecule has 82 valence electrons. The predicted molar refractivity (Wildman–Crippen MR) is 57.5 cm³/mol. The van der Waals surface area contributed by atoms with E-state index < -0.39 is 11.5 Å². The highest BCUT2D eigenvalue weighted by Gasteiger charge is 2.57. The average molecular weight is 277 g/mol. The van der Waals surface area contributed by atoms with E-state index in [9.17, 15) is 8.78 Å². The van der Waals surface area contributed by atoms with Crippen molar-refractivity contribution in [2.75, 3.05) is 0 Å².